The fourth-order valence-corrected chi connectivity index (χ4v) is 2.94. The third kappa shape index (κ3) is 4.42. The van der Waals surface area contributed by atoms with Crippen LogP contribution in [0.2, 0.25) is 0 Å². The normalized spacial score (nSPS) is 11.4. The average molecular weight is 321 g/mol. The molecule has 2 amide bonds. The number of aryl methyl sites for hydroxylation is 1. The molecule has 1 heterocycles. The first-order valence-corrected chi connectivity index (χ1v) is 7.75. The molecule has 22 heavy (non-hydrogen) atoms. The Bertz CT molecular complexity index is 709. The third-order valence-electron chi connectivity index (χ3n) is 3.17. The molecule has 0 unspecified atom stereocenters. The van der Waals surface area contributed by atoms with Crippen LogP contribution >= 0.6 is 11.3 Å². The van der Waals surface area contributed by atoms with E-state index in [0.29, 0.717) is 12.1 Å². The first kappa shape index (κ1) is 16.2. The van der Waals surface area contributed by atoms with Crippen LogP contribution in [-0.4, -0.2) is 27.6 Å². The molecular weight excluding hydrogens is 302 g/mol. The number of carbonyl (C=O) groups is 2. The Kier molecular flexibility index (Phi) is 4.65. The van der Waals surface area contributed by atoms with E-state index in [-0.39, 0.29) is 12.5 Å². The van der Waals surface area contributed by atoms with Gasteiger partial charge in [0.15, 0.2) is 0 Å². The maximum atomic E-state index is 12.0. The average Bonchev–Trinajstić information content (AvgIpc) is 2.75. The minimum atomic E-state index is -0.874. The van der Waals surface area contributed by atoms with E-state index in [2.05, 4.69) is 15.6 Å². The predicted octanol–water partition coefficient (Wildman–Crippen LogP) is 3.37. The van der Waals surface area contributed by atoms with Crippen molar-refractivity contribution in [2.75, 3.05) is 5.32 Å². The summed E-state index contributed by atoms with van der Waals surface area (Å²) in [6.07, 6.45) is 0.377. The highest BCUT2D eigenvalue weighted by molar-refractivity contribution is 7.18. The van der Waals surface area contributed by atoms with Crippen LogP contribution in [0, 0.1) is 6.92 Å². The Hall–Kier alpha value is -2.15. The van der Waals surface area contributed by atoms with E-state index in [9.17, 15) is 9.59 Å². The van der Waals surface area contributed by atoms with Crippen LogP contribution in [0.25, 0.3) is 10.2 Å². The topological polar surface area (TPSA) is 91.3 Å². The Morgan fingerprint density at radius 2 is 2.09 bits per heavy atom. The summed E-state index contributed by atoms with van der Waals surface area (Å²) in [7, 11) is 0. The minimum absolute atomic E-state index is 0.0133. The lowest BCUT2D eigenvalue weighted by molar-refractivity contribution is -0.137. The molecule has 1 aromatic heterocycles. The second-order valence-electron chi connectivity index (χ2n) is 5.77. The summed E-state index contributed by atoms with van der Waals surface area (Å²) in [5.74, 6) is -0.874. The maximum absolute atomic E-state index is 12.0. The van der Waals surface area contributed by atoms with E-state index < -0.39 is 11.5 Å². The van der Waals surface area contributed by atoms with Crippen LogP contribution in [0.5, 0.6) is 0 Å². The lowest BCUT2D eigenvalue weighted by atomic mass is 9.99. The van der Waals surface area contributed by atoms with Gasteiger partial charge in [-0.25, -0.2) is 9.78 Å². The van der Waals surface area contributed by atoms with Gasteiger partial charge in [0, 0.05) is 17.6 Å². The number of rotatable bonds is 5. The molecule has 0 aliphatic carbocycles. The third-order valence-corrected chi connectivity index (χ3v) is 4.10. The number of fused-ring (bicyclic) bond motifs is 1. The van der Waals surface area contributed by atoms with E-state index in [1.807, 2.05) is 19.1 Å². The van der Waals surface area contributed by atoms with Crippen molar-refractivity contribution in [3.63, 3.8) is 0 Å². The lowest BCUT2D eigenvalue weighted by Crippen LogP contribution is -2.45. The van der Waals surface area contributed by atoms with Crippen LogP contribution in [0.4, 0.5) is 10.5 Å². The molecule has 0 saturated carbocycles. The molecule has 6 nitrogen and oxygen atoms in total. The summed E-state index contributed by atoms with van der Waals surface area (Å²) in [6, 6.07) is 5.19. The first-order chi connectivity index (χ1) is 10.2. The van der Waals surface area contributed by atoms with Crippen molar-refractivity contribution in [2.24, 2.45) is 0 Å². The monoisotopic (exact) mass is 321 g/mol. The molecule has 0 fully saturated rings. The SMILES string of the molecule is Cc1nc2ccc(NC(=O)NC(C)(C)CCC(=O)O)cc2s1. The summed E-state index contributed by atoms with van der Waals surface area (Å²) in [4.78, 5) is 27.0. The number of nitrogens with zero attached hydrogens (tertiary/aromatic N) is 1. The summed E-state index contributed by atoms with van der Waals surface area (Å²) in [5, 5.41) is 15.3. The van der Waals surface area contributed by atoms with Crippen molar-refractivity contribution in [2.45, 2.75) is 39.2 Å². The van der Waals surface area contributed by atoms with Crippen molar-refractivity contribution >= 4 is 39.2 Å². The van der Waals surface area contributed by atoms with E-state index in [0.717, 1.165) is 15.2 Å². The predicted molar refractivity (Wildman–Crippen MR) is 87.5 cm³/mol. The number of anilines is 1. The number of aliphatic carboxylic acids is 1. The smallest absolute Gasteiger partial charge is 0.319 e. The van der Waals surface area contributed by atoms with Crippen LogP contribution in [0.3, 0.4) is 0 Å². The van der Waals surface area contributed by atoms with E-state index in [4.69, 9.17) is 5.11 Å². The summed E-state index contributed by atoms with van der Waals surface area (Å²) >= 11 is 1.57. The highest BCUT2D eigenvalue weighted by Gasteiger charge is 2.21. The Labute approximate surface area is 132 Å². The molecule has 2 aromatic rings. The van der Waals surface area contributed by atoms with Crippen LogP contribution < -0.4 is 10.6 Å². The van der Waals surface area contributed by atoms with Gasteiger partial charge < -0.3 is 15.7 Å². The van der Waals surface area contributed by atoms with Crippen molar-refractivity contribution in [3.05, 3.63) is 23.2 Å². The molecule has 118 valence electrons. The molecule has 0 spiro atoms. The van der Waals surface area contributed by atoms with Crippen molar-refractivity contribution in [1.82, 2.24) is 10.3 Å². The molecule has 0 aliphatic heterocycles. The van der Waals surface area contributed by atoms with E-state index in [1.54, 1.807) is 31.3 Å². The number of amides is 2. The molecular formula is C15H19N3O3S. The second-order valence-corrected chi connectivity index (χ2v) is 7.01. The van der Waals surface area contributed by atoms with Crippen molar-refractivity contribution in [1.29, 1.82) is 0 Å². The Morgan fingerprint density at radius 1 is 1.36 bits per heavy atom. The number of carboxylic acids is 1. The fourth-order valence-electron chi connectivity index (χ4n) is 2.07. The summed E-state index contributed by atoms with van der Waals surface area (Å²) in [5.41, 5.74) is 1.01. The molecule has 0 bridgehead atoms. The maximum Gasteiger partial charge on any atom is 0.319 e. The Morgan fingerprint density at radius 3 is 2.77 bits per heavy atom. The lowest BCUT2D eigenvalue weighted by Gasteiger charge is -2.25. The summed E-state index contributed by atoms with van der Waals surface area (Å²) < 4.78 is 1.01. The van der Waals surface area contributed by atoms with Gasteiger partial charge in [0.25, 0.3) is 0 Å². The molecule has 0 saturated heterocycles. The molecule has 0 aliphatic rings. The molecule has 2 rings (SSSR count). The number of carboxylic acid groups (broad SMARTS) is 1. The Balaban J connectivity index is 1.99. The number of carbonyl (C=O) groups excluding carboxylic acids is 1. The quantitative estimate of drug-likeness (QED) is 0.787. The zero-order chi connectivity index (χ0) is 16.3. The van der Waals surface area contributed by atoms with E-state index in [1.165, 1.54) is 0 Å². The molecule has 3 N–H and O–H groups in total. The highest BCUT2D eigenvalue weighted by Crippen LogP contribution is 2.24. The number of urea groups is 1. The van der Waals surface area contributed by atoms with Crippen LogP contribution in [0.15, 0.2) is 18.2 Å². The fraction of sp³-hybridized carbons (Fsp3) is 0.400. The van der Waals surface area contributed by atoms with Crippen LogP contribution in [0.1, 0.15) is 31.7 Å². The summed E-state index contributed by atoms with van der Waals surface area (Å²) in [6.45, 7) is 5.53. The number of hydrogen-bond acceptors (Lipinski definition) is 4. The number of nitrogens with one attached hydrogen (secondary N) is 2. The minimum Gasteiger partial charge on any atom is -0.481 e. The van der Waals surface area contributed by atoms with Gasteiger partial charge in [-0.2, -0.15) is 0 Å². The van der Waals surface area contributed by atoms with Crippen molar-refractivity contribution < 1.29 is 14.7 Å². The second kappa shape index (κ2) is 6.31. The van der Waals surface area contributed by atoms with Gasteiger partial charge in [-0.05, 0) is 45.4 Å². The van der Waals surface area contributed by atoms with Gasteiger partial charge in [-0.15, -0.1) is 11.3 Å². The molecule has 0 radical (unpaired) electrons. The molecule has 1 aromatic carbocycles. The zero-order valence-corrected chi connectivity index (χ0v) is 13.6. The van der Waals surface area contributed by atoms with Gasteiger partial charge in [-0.1, -0.05) is 0 Å². The largest absolute Gasteiger partial charge is 0.481 e. The zero-order valence-electron chi connectivity index (χ0n) is 12.8. The van der Waals surface area contributed by atoms with Crippen LogP contribution in [-0.2, 0) is 4.79 Å². The van der Waals surface area contributed by atoms with Gasteiger partial charge >= 0.3 is 12.0 Å². The molecule has 0 atom stereocenters. The van der Waals surface area contributed by atoms with Gasteiger partial charge in [-0.3, -0.25) is 4.79 Å². The number of thiazole rings is 1. The van der Waals surface area contributed by atoms with E-state index >= 15 is 0 Å². The molecule has 7 heteroatoms. The number of hydrogen-bond donors (Lipinski definition) is 3. The van der Waals surface area contributed by atoms with Crippen molar-refractivity contribution in [3.8, 4) is 0 Å². The van der Waals surface area contributed by atoms with Gasteiger partial charge in [0.05, 0.1) is 15.2 Å². The first-order valence-electron chi connectivity index (χ1n) is 6.93. The van der Waals surface area contributed by atoms with Gasteiger partial charge in [0.1, 0.15) is 0 Å². The standard InChI is InChI=1S/C15H19N3O3S/c1-9-16-11-5-4-10(8-12(11)22-9)17-14(21)18-15(2,3)7-6-13(19)20/h4-5,8H,6-7H2,1-3H3,(H,19,20)(H2,17,18,21). The van der Waals surface area contributed by atoms with Gasteiger partial charge in [0.2, 0.25) is 0 Å². The highest BCUT2D eigenvalue weighted by atomic mass is 32.1. The number of benzene rings is 1. The number of aromatic nitrogens is 1.